The molecule has 0 saturated carbocycles. The lowest BCUT2D eigenvalue weighted by Gasteiger charge is -2.13. The van der Waals surface area contributed by atoms with E-state index in [9.17, 15) is 22.8 Å². The number of carbonyl (C=O) groups is 2. The Morgan fingerprint density at radius 2 is 1.94 bits per heavy atom. The van der Waals surface area contributed by atoms with Crippen LogP contribution in [0.15, 0.2) is 23.1 Å². The van der Waals surface area contributed by atoms with Crippen LogP contribution in [-0.2, 0) is 4.79 Å². The molecule has 0 fully saturated rings. The Hall–Kier alpha value is -1.70. The van der Waals surface area contributed by atoms with Gasteiger partial charge in [-0.25, -0.2) is 4.79 Å². The first kappa shape index (κ1) is 14.4. The molecule has 2 N–H and O–H groups in total. The molecule has 98 valence electrons. The van der Waals surface area contributed by atoms with Gasteiger partial charge in [0.1, 0.15) is 0 Å². The second-order valence-electron chi connectivity index (χ2n) is 3.14. The number of alkyl halides is 3. The number of anilines is 1. The van der Waals surface area contributed by atoms with Crippen molar-refractivity contribution in [1.82, 2.24) is 0 Å². The maximum absolute atomic E-state index is 12.1. The minimum atomic E-state index is -5.07. The first-order valence-electron chi connectivity index (χ1n) is 4.56. The molecule has 0 radical (unpaired) electrons. The van der Waals surface area contributed by atoms with Gasteiger partial charge < -0.3 is 10.4 Å². The molecule has 0 aliphatic carbocycles. The van der Waals surface area contributed by atoms with E-state index in [0.29, 0.717) is 0 Å². The van der Waals surface area contributed by atoms with E-state index >= 15 is 0 Å². The number of aromatic carboxylic acids is 1. The van der Waals surface area contributed by atoms with Gasteiger partial charge in [0.2, 0.25) is 0 Å². The number of amides is 1. The minimum absolute atomic E-state index is 0.243. The molecular weight excluding hydrogens is 271 g/mol. The van der Waals surface area contributed by atoms with Crippen molar-refractivity contribution >= 4 is 29.3 Å². The summed E-state index contributed by atoms with van der Waals surface area (Å²) in [5.74, 6) is -3.62. The number of hydrogen-bond donors (Lipinski definition) is 2. The number of carboxylic acids is 1. The molecule has 0 atom stereocenters. The average molecular weight is 279 g/mol. The van der Waals surface area contributed by atoms with Crippen LogP contribution in [0.5, 0.6) is 0 Å². The van der Waals surface area contributed by atoms with Crippen LogP contribution < -0.4 is 5.32 Å². The highest BCUT2D eigenvalue weighted by Gasteiger charge is 2.39. The number of hydrogen-bond acceptors (Lipinski definition) is 3. The van der Waals surface area contributed by atoms with E-state index in [-0.39, 0.29) is 16.1 Å². The molecule has 1 aromatic carbocycles. The van der Waals surface area contributed by atoms with Crippen molar-refractivity contribution in [3.05, 3.63) is 23.8 Å². The van der Waals surface area contributed by atoms with Crippen molar-refractivity contribution in [2.45, 2.75) is 11.1 Å². The summed E-state index contributed by atoms with van der Waals surface area (Å²) in [5, 5.41) is 10.4. The fourth-order valence-corrected chi connectivity index (χ4v) is 1.77. The van der Waals surface area contributed by atoms with Gasteiger partial charge in [-0.2, -0.15) is 13.2 Å². The van der Waals surface area contributed by atoms with E-state index in [1.807, 2.05) is 0 Å². The van der Waals surface area contributed by atoms with Crippen LogP contribution in [0.2, 0.25) is 0 Å². The van der Waals surface area contributed by atoms with E-state index in [1.165, 1.54) is 12.1 Å². The molecule has 4 nitrogen and oxygen atoms in total. The molecule has 1 amide bonds. The number of carboxylic acid groups (broad SMARTS) is 1. The van der Waals surface area contributed by atoms with Gasteiger partial charge >= 0.3 is 18.1 Å². The number of benzene rings is 1. The summed E-state index contributed by atoms with van der Waals surface area (Å²) in [7, 11) is 0. The van der Waals surface area contributed by atoms with Crippen molar-refractivity contribution in [3.63, 3.8) is 0 Å². The summed E-state index contributed by atoms with van der Waals surface area (Å²) < 4.78 is 36.4. The van der Waals surface area contributed by atoms with Crippen LogP contribution in [0.1, 0.15) is 10.4 Å². The number of para-hydroxylation sites is 1. The molecule has 0 bridgehead atoms. The standard InChI is InChI=1S/C10H8F3NO3S/c1-18-6-4-2-3-5(8(15)16)7(6)14-9(17)10(11,12)13/h2-4H,1H3,(H,14,17)(H,15,16). The first-order chi connectivity index (χ1) is 8.27. The third-order valence-electron chi connectivity index (χ3n) is 1.97. The van der Waals surface area contributed by atoms with Gasteiger partial charge in [0, 0.05) is 4.90 Å². The second-order valence-corrected chi connectivity index (χ2v) is 3.99. The van der Waals surface area contributed by atoms with Crippen LogP contribution in [-0.4, -0.2) is 29.4 Å². The van der Waals surface area contributed by atoms with Crippen molar-refractivity contribution in [3.8, 4) is 0 Å². The summed E-state index contributed by atoms with van der Waals surface area (Å²) in [6.07, 6.45) is -3.51. The maximum Gasteiger partial charge on any atom is 0.471 e. The fourth-order valence-electron chi connectivity index (χ4n) is 1.19. The van der Waals surface area contributed by atoms with Crippen molar-refractivity contribution in [2.24, 2.45) is 0 Å². The lowest BCUT2D eigenvalue weighted by Crippen LogP contribution is -2.30. The molecule has 0 aromatic heterocycles. The first-order valence-corrected chi connectivity index (χ1v) is 5.78. The molecule has 0 unspecified atom stereocenters. The van der Waals surface area contributed by atoms with E-state index < -0.39 is 18.1 Å². The van der Waals surface area contributed by atoms with Crippen LogP contribution in [0.25, 0.3) is 0 Å². The molecule has 0 saturated heterocycles. The zero-order chi connectivity index (χ0) is 13.9. The zero-order valence-corrected chi connectivity index (χ0v) is 9.85. The van der Waals surface area contributed by atoms with Crippen LogP contribution in [0, 0.1) is 0 Å². The molecule has 0 aliphatic heterocycles. The van der Waals surface area contributed by atoms with E-state index in [0.717, 1.165) is 17.8 Å². The Balaban J connectivity index is 3.21. The Labute approximate surface area is 104 Å². The fraction of sp³-hybridized carbons (Fsp3) is 0.200. The summed E-state index contributed by atoms with van der Waals surface area (Å²) in [6.45, 7) is 0. The van der Waals surface area contributed by atoms with Crippen molar-refractivity contribution in [1.29, 1.82) is 0 Å². The molecule has 0 spiro atoms. The summed E-state index contributed by atoms with van der Waals surface area (Å²) in [6, 6.07) is 3.93. The molecular formula is C10H8F3NO3S. The van der Waals surface area contributed by atoms with Crippen molar-refractivity contribution < 1.29 is 27.9 Å². The smallest absolute Gasteiger partial charge is 0.471 e. The van der Waals surface area contributed by atoms with Gasteiger partial charge in [0.25, 0.3) is 0 Å². The van der Waals surface area contributed by atoms with Gasteiger partial charge in [-0.3, -0.25) is 4.79 Å². The number of nitrogens with one attached hydrogen (secondary N) is 1. The highest BCUT2D eigenvalue weighted by Crippen LogP contribution is 2.30. The quantitative estimate of drug-likeness (QED) is 0.835. The van der Waals surface area contributed by atoms with Crippen LogP contribution in [0.3, 0.4) is 0 Å². The lowest BCUT2D eigenvalue weighted by molar-refractivity contribution is -0.167. The maximum atomic E-state index is 12.1. The Morgan fingerprint density at radius 1 is 1.33 bits per heavy atom. The highest BCUT2D eigenvalue weighted by atomic mass is 32.2. The van der Waals surface area contributed by atoms with Gasteiger partial charge in [-0.05, 0) is 18.4 Å². The van der Waals surface area contributed by atoms with Crippen LogP contribution >= 0.6 is 11.8 Å². The average Bonchev–Trinajstić information content (AvgIpc) is 2.27. The molecule has 18 heavy (non-hydrogen) atoms. The lowest BCUT2D eigenvalue weighted by atomic mass is 10.2. The SMILES string of the molecule is CSc1cccc(C(=O)O)c1NC(=O)C(F)(F)F. The summed E-state index contributed by atoms with van der Waals surface area (Å²) in [5.41, 5.74) is -0.737. The molecule has 0 aliphatic rings. The predicted octanol–water partition coefficient (Wildman–Crippen LogP) is 2.61. The normalized spacial score (nSPS) is 11.1. The zero-order valence-electron chi connectivity index (χ0n) is 9.04. The van der Waals surface area contributed by atoms with E-state index in [4.69, 9.17) is 5.11 Å². The van der Waals surface area contributed by atoms with Gasteiger partial charge in [0.05, 0.1) is 11.3 Å². The molecule has 1 rings (SSSR count). The second kappa shape index (κ2) is 5.30. The third kappa shape index (κ3) is 3.16. The van der Waals surface area contributed by atoms with Gasteiger partial charge in [-0.1, -0.05) is 6.07 Å². The third-order valence-corrected chi connectivity index (χ3v) is 2.75. The Morgan fingerprint density at radius 3 is 2.39 bits per heavy atom. The van der Waals surface area contributed by atoms with Crippen molar-refractivity contribution in [2.75, 3.05) is 11.6 Å². The highest BCUT2D eigenvalue weighted by molar-refractivity contribution is 7.98. The molecule has 0 heterocycles. The van der Waals surface area contributed by atoms with Crippen LogP contribution in [0.4, 0.5) is 18.9 Å². The number of rotatable bonds is 3. The van der Waals surface area contributed by atoms with Gasteiger partial charge in [-0.15, -0.1) is 11.8 Å². The summed E-state index contributed by atoms with van der Waals surface area (Å²) >= 11 is 1.03. The minimum Gasteiger partial charge on any atom is -0.478 e. The summed E-state index contributed by atoms with van der Waals surface area (Å²) in [4.78, 5) is 22.0. The van der Waals surface area contributed by atoms with E-state index in [1.54, 1.807) is 11.6 Å². The molecule has 1 aromatic rings. The Bertz CT molecular complexity index is 488. The predicted molar refractivity (Wildman–Crippen MR) is 59.9 cm³/mol. The van der Waals surface area contributed by atoms with E-state index in [2.05, 4.69) is 0 Å². The monoisotopic (exact) mass is 279 g/mol. The number of halogens is 3. The Kier molecular flexibility index (Phi) is 4.23. The van der Waals surface area contributed by atoms with Gasteiger partial charge in [0.15, 0.2) is 0 Å². The molecule has 8 heteroatoms. The largest absolute Gasteiger partial charge is 0.478 e. The topological polar surface area (TPSA) is 66.4 Å². The number of carbonyl (C=O) groups excluding carboxylic acids is 1. The number of thioether (sulfide) groups is 1.